The topological polar surface area (TPSA) is 43.2 Å². The smallest absolute Gasteiger partial charge is 0.410 e. The predicted octanol–water partition coefficient (Wildman–Crippen LogP) is 3.65. The molecule has 128 valence electrons. The fraction of sp³-hybridized carbons (Fsp3) is 0.250. The van der Waals surface area contributed by atoms with Crippen molar-refractivity contribution in [2.24, 2.45) is 0 Å². The molecule has 2 aromatic heterocycles. The van der Waals surface area contributed by atoms with Gasteiger partial charge in [0.1, 0.15) is 5.75 Å². The zero-order valence-electron chi connectivity index (χ0n) is 14.0. The van der Waals surface area contributed by atoms with Gasteiger partial charge in [0.15, 0.2) is 0 Å². The summed E-state index contributed by atoms with van der Waals surface area (Å²) in [6, 6.07) is 12.1. The molecule has 25 heavy (non-hydrogen) atoms. The van der Waals surface area contributed by atoms with Gasteiger partial charge in [-0.15, -0.1) is 6.58 Å². The fourth-order valence-corrected chi connectivity index (χ4v) is 3.27. The van der Waals surface area contributed by atoms with Gasteiger partial charge in [-0.3, -0.25) is 0 Å². The van der Waals surface area contributed by atoms with Crippen LogP contribution in [0.15, 0.2) is 55.3 Å². The summed E-state index contributed by atoms with van der Waals surface area (Å²) in [5, 5.41) is 1.15. The first kappa shape index (κ1) is 15.7. The van der Waals surface area contributed by atoms with Crippen LogP contribution in [-0.4, -0.2) is 41.7 Å². The highest BCUT2D eigenvalue weighted by molar-refractivity contribution is 5.91. The highest BCUT2D eigenvalue weighted by atomic mass is 16.6. The molecule has 1 fully saturated rings. The summed E-state index contributed by atoms with van der Waals surface area (Å²) >= 11 is 0. The van der Waals surface area contributed by atoms with Gasteiger partial charge in [0.2, 0.25) is 0 Å². The minimum absolute atomic E-state index is 0.326. The lowest BCUT2D eigenvalue weighted by atomic mass is 10.1. The molecule has 1 saturated heterocycles. The summed E-state index contributed by atoms with van der Waals surface area (Å²) in [5.41, 5.74) is 3.24. The van der Waals surface area contributed by atoms with Crippen LogP contribution in [0.4, 0.5) is 4.79 Å². The molecule has 3 aromatic rings. The van der Waals surface area contributed by atoms with Crippen molar-refractivity contribution in [3.05, 3.63) is 60.8 Å². The van der Waals surface area contributed by atoms with Gasteiger partial charge in [-0.05, 0) is 36.2 Å². The van der Waals surface area contributed by atoms with E-state index in [1.165, 1.54) is 0 Å². The third-order valence-electron chi connectivity index (χ3n) is 4.50. The molecule has 0 radical (unpaired) electrons. The highest BCUT2D eigenvalue weighted by Crippen LogP contribution is 2.29. The van der Waals surface area contributed by atoms with Crippen LogP contribution in [0.3, 0.4) is 0 Å². The van der Waals surface area contributed by atoms with Crippen molar-refractivity contribution >= 4 is 22.5 Å². The minimum Gasteiger partial charge on any atom is -0.410 e. The van der Waals surface area contributed by atoms with Crippen molar-refractivity contribution in [2.45, 2.75) is 6.42 Å². The summed E-state index contributed by atoms with van der Waals surface area (Å²) < 4.78 is 13.0. The molecule has 4 rings (SSSR count). The van der Waals surface area contributed by atoms with Crippen LogP contribution in [0, 0.1) is 0 Å². The van der Waals surface area contributed by atoms with E-state index < -0.39 is 0 Å². The minimum atomic E-state index is -0.326. The number of morpholine rings is 1. The summed E-state index contributed by atoms with van der Waals surface area (Å²) in [7, 11) is 0. The lowest BCUT2D eigenvalue weighted by molar-refractivity contribution is 0.0416. The van der Waals surface area contributed by atoms with E-state index >= 15 is 0 Å². The van der Waals surface area contributed by atoms with Gasteiger partial charge in [-0.2, -0.15) is 0 Å². The molecule has 1 aliphatic heterocycles. The standard InChI is InChI=1S/C20H20N2O3/c1-2-5-15-12-17(25-20(23)21-8-10-24-11-9-21)14-19-18(15)13-16-6-3-4-7-22(16)19/h2-4,6-7,12-14H,1,5,8-11H2. The quantitative estimate of drug-likeness (QED) is 0.686. The normalized spacial score (nSPS) is 14.8. The van der Waals surface area contributed by atoms with Gasteiger partial charge in [-0.1, -0.05) is 12.1 Å². The molecule has 0 N–H and O–H groups in total. The lowest BCUT2D eigenvalue weighted by Crippen LogP contribution is -2.42. The average molecular weight is 336 g/mol. The number of fused-ring (bicyclic) bond motifs is 3. The number of nitrogens with zero attached hydrogens (tertiary/aromatic N) is 2. The van der Waals surface area contributed by atoms with Crippen LogP contribution in [-0.2, 0) is 11.2 Å². The molecule has 5 nitrogen and oxygen atoms in total. The van der Waals surface area contributed by atoms with Crippen LogP contribution >= 0.6 is 0 Å². The van der Waals surface area contributed by atoms with Crippen molar-refractivity contribution in [2.75, 3.05) is 26.3 Å². The van der Waals surface area contributed by atoms with E-state index in [4.69, 9.17) is 9.47 Å². The molecular formula is C20H20N2O3. The van der Waals surface area contributed by atoms with E-state index in [0.717, 1.165) is 28.4 Å². The van der Waals surface area contributed by atoms with Crippen molar-refractivity contribution < 1.29 is 14.3 Å². The first-order valence-corrected chi connectivity index (χ1v) is 8.44. The van der Waals surface area contributed by atoms with Crippen LogP contribution in [0.25, 0.3) is 16.4 Å². The van der Waals surface area contributed by atoms with Gasteiger partial charge in [0.05, 0.1) is 18.7 Å². The van der Waals surface area contributed by atoms with Crippen LogP contribution in [0.5, 0.6) is 5.75 Å². The van der Waals surface area contributed by atoms with Crippen molar-refractivity contribution in [3.8, 4) is 5.75 Å². The maximum Gasteiger partial charge on any atom is 0.415 e. The largest absolute Gasteiger partial charge is 0.415 e. The second kappa shape index (κ2) is 6.61. The maximum atomic E-state index is 12.4. The van der Waals surface area contributed by atoms with Crippen molar-refractivity contribution in [1.29, 1.82) is 0 Å². The molecule has 0 atom stereocenters. The Bertz CT molecular complexity index is 939. The molecule has 0 bridgehead atoms. The zero-order valence-corrected chi connectivity index (χ0v) is 14.0. The summed E-state index contributed by atoms with van der Waals surface area (Å²) in [6.45, 7) is 6.08. The molecule has 3 heterocycles. The number of hydrogen-bond acceptors (Lipinski definition) is 3. The van der Waals surface area contributed by atoms with E-state index in [-0.39, 0.29) is 6.09 Å². The Kier molecular flexibility index (Phi) is 4.15. The average Bonchev–Trinajstić information content (AvgIpc) is 3.02. The second-order valence-corrected chi connectivity index (χ2v) is 6.12. The lowest BCUT2D eigenvalue weighted by Gasteiger charge is -2.25. The number of amides is 1. The Morgan fingerprint density at radius 1 is 1.24 bits per heavy atom. The Labute approximate surface area is 146 Å². The Hall–Kier alpha value is -2.79. The first-order chi connectivity index (χ1) is 12.3. The fourth-order valence-electron chi connectivity index (χ4n) is 3.27. The third-order valence-corrected chi connectivity index (χ3v) is 4.50. The molecule has 0 aliphatic carbocycles. The molecule has 1 aromatic carbocycles. The van der Waals surface area contributed by atoms with Crippen molar-refractivity contribution in [1.82, 2.24) is 9.30 Å². The monoisotopic (exact) mass is 336 g/mol. The number of ether oxygens (including phenoxy) is 2. The number of aromatic nitrogens is 1. The van der Waals surface area contributed by atoms with E-state index in [0.29, 0.717) is 32.1 Å². The number of rotatable bonds is 3. The number of carbonyl (C=O) groups is 1. The zero-order chi connectivity index (χ0) is 17.2. The molecule has 0 unspecified atom stereocenters. The number of allylic oxidation sites excluding steroid dienone is 1. The van der Waals surface area contributed by atoms with Gasteiger partial charge < -0.3 is 18.8 Å². The van der Waals surface area contributed by atoms with E-state index in [9.17, 15) is 4.79 Å². The van der Waals surface area contributed by atoms with E-state index in [2.05, 4.69) is 23.1 Å². The summed E-state index contributed by atoms with van der Waals surface area (Å²) in [5.74, 6) is 0.560. The number of carbonyl (C=O) groups excluding carboxylic acids is 1. The molecule has 1 amide bonds. The molecule has 5 heteroatoms. The van der Waals surface area contributed by atoms with Gasteiger partial charge in [0, 0.05) is 36.3 Å². The van der Waals surface area contributed by atoms with Gasteiger partial charge in [0.25, 0.3) is 0 Å². The van der Waals surface area contributed by atoms with Crippen LogP contribution < -0.4 is 4.74 Å². The number of hydrogen-bond donors (Lipinski definition) is 0. The van der Waals surface area contributed by atoms with Gasteiger partial charge in [-0.25, -0.2) is 4.79 Å². The summed E-state index contributed by atoms with van der Waals surface area (Å²) in [6.07, 6.45) is 4.28. The van der Waals surface area contributed by atoms with Crippen molar-refractivity contribution in [3.63, 3.8) is 0 Å². The molecule has 0 saturated carbocycles. The highest BCUT2D eigenvalue weighted by Gasteiger charge is 2.19. The number of benzene rings is 1. The van der Waals surface area contributed by atoms with Gasteiger partial charge >= 0.3 is 6.09 Å². The van der Waals surface area contributed by atoms with Crippen LogP contribution in [0.1, 0.15) is 5.56 Å². The number of pyridine rings is 1. The Morgan fingerprint density at radius 3 is 2.88 bits per heavy atom. The van der Waals surface area contributed by atoms with Crippen LogP contribution in [0.2, 0.25) is 0 Å². The summed E-state index contributed by atoms with van der Waals surface area (Å²) in [4.78, 5) is 14.1. The van der Waals surface area contributed by atoms with E-state index in [1.54, 1.807) is 4.90 Å². The maximum absolute atomic E-state index is 12.4. The predicted molar refractivity (Wildman–Crippen MR) is 97.2 cm³/mol. The Balaban J connectivity index is 1.74. The first-order valence-electron chi connectivity index (χ1n) is 8.44. The third kappa shape index (κ3) is 2.98. The Morgan fingerprint density at radius 2 is 2.08 bits per heavy atom. The second-order valence-electron chi connectivity index (χ2n) is 6.12. The SMILES string of the molecule is C=CCc1cc(OC(=O)N2CCOCC2)cc2c1cc1ccccn12. The molecule has 0 spiro atoms. The van der Waals surface area contributed by atoms with E-state index in [1.807, 2.05) is 36.5 Å². The molecule has 1 aliphatic rings. The molecular weight excluding hydrogens is 316 g/mol.